The van der Waals surface area contributed by atoms with Crippen molar-refractivity contribution in [2.45, 2.75) is 26.3 Å². The summed E-state index contributed by atoms with van der Waals surface area (Å²) in [6.07, 6.45) is 3.68. The van der Waals surface area contributed by atoms with Gasteiger partial charge in [0.2, 0.25) is 5.91 Å². The van der Waals surface area contributed by atoms with E-state index in [4.69, 9.17) is 12.2 Å². The van der Waals surface area contributed by atoms with Gasteiger partial charge in [0.25, 0.3) is 5.91 Å². The first-order valence-electron chi connectivity index (χ1n) is 8.27. The van der Waals surface area contributed by atoms with Crippen LogP contribution in [0.3, 0.4) is 0 Å². The minimum absolute atomic E-state index is 0.0455. The number of carbonyl (C=O) groups is 3. The Bertz CT molecular complexity index is 818. The first-order valence-corrected chi connectivity index (χ1v) is 9.49. The van der Waals surface area contributed by atoms with Crippen LogP contribution in [0.25, 0.3) is 6.08 Å². The van der Waals surface area contributed by atoms with Gasteiger partial charge in [-0.25, -0.2) is 0 Å². The van der Waals surface area contributed by atoms with Gasteiger partial charge in [-0.15, -0.1) is 0 Å². The van der Waals surface area contributed by atoms with Crippen molar-refractivity contribution < 1.29 is 19.5 Å². The van der Waals surface area contributed by atoms with Crippen molar-refractivity contribution >= 4 is 52.2 Å². The third kappa shape index (κ3) is 6.04. The van der Waals surface area contributed by atoms with E-state index in [1.165, 1.54) is 23.6 Å². The molecule has 6 nitrogen and oxygen atoms in total. The zero-order valence-electron chi connectivity index (χ0n) is 14.9. The SMILES string of the molecule is CC(=C\c1ccccc1)/C=C1/SC(=S)N(CCC(=O)N[C@H](C)C(=O)[O-])C1=O. The van der Waals surface area contributed by atoms with Crippen LogP contribution in [0.15, 0.2) is 46.9 Å². The Morgan fingerprint density at radius 1 is 1.33 bits per heavy atom. The molecule has 1 aliphatic heterocycles. The molecule has 8 heteroatoms. The quantitative estimate of drug-likeness (QED) is 0.548. The molecular weight excluding hydrogens is 384 g/mol. The molecule has 1 aromatic carbocycles. The number of thiocarbonyl (C=S) groups is 1. The number of nitrogens with zero attached hydrogens (tertiary/aromatic N) is 1. The molecular formula is C19H19N2O4S2-. The van der Waals surface area contributed by atoms with Crippen molar-refractivity contribution in [3.63, 3.8) is 0 Å². The molecule has 1 aliphatic rings. The average Bonchev–Trinajstić information content (AvgIpc) is 2.87. The van der Waals surface area contributed by atoms with Gasteiger partial charge in [-0.3, -0.25) is 14.5 Å². The number of aliphatic carboxylic acids is 1. The fraction of sp³-hybridized carbons (Fsp3) is 0.263. The van der Waals surface area contributed by atoms with Crippen molar-refractivity contribution in [2.24, 2.45) is 0 Å². The zero-order chi connectivity index (χ0) is 20.0. The van der Waals surface area contributed by atoms with Crippen molar-refractivity contribution in [1.29, 1.82) is 0 Å². The summed E-state index contributed by atoms with van der Waals surface area (Å²) in [5.41, 5.74) is 1.93. The Hall–Kier alpha value is -2.45. The molecule has 2 rings (SSSR count). The predicted octanol–water partition coefficient (Wildman–Crippen LogP) is 1.48. The van der Waals surface area contributed by atoms with Crippen LogP contribution in [-0.2, 0) is 14.4 Å². The lowest BCUT2D eigenvalue weighted by atomic mass is 10.1. The fourth-order valence-electron chi connectivity index (χ4n) is 2.34. The van der Waals surface area contributed by atoms with E-state index in [2.05, 4.69) is 5.32 Å². The summed E-state index contributed by atoms with van der Waals surface area (Å²) in [5.74, 6) is -2.10. The number of carboxylic acid groups (broad SMARTS) is 1. The third-order valence-corrected chi connectivity index (χ3v) is 5.10. The number of carbonyl (C=O) groups excluding carboxylic acids is 3. The second kappa shape index (κ2) is 9.48. The Labute approximate surface area is 167 Å². The van der Waals surface area contributed by atoms with Gasteiger partial charge in [-0.2, -0.15) is 0 Å². The standard InChI is InChI=1S/C19H20N2O4S2/c1-12(10-14-6-4-3-5-7-14)11-15-17(23)21(19(26)27-15)9-8-16(22)20-13(2)18(24)25/h3-7,10-11,13H,8-9H2,1-2H3,(H,20,22)(H,24,25)/p-1/b12-10+,15-11+/t13-/m1/s1. The zero-order valence-corrected chi connectivity index (χ0v) is 16.6. The summed E-state index contributed by atoms with van der Waals surface area (Å²) in [6.45, 7) is 3.31. The summed E-state index contributed by atoms with van der Waals surface area (Å²) in [7, 11) is 0. The van der Waals surface area contributed by atoms with Gasteiger partial charge in [0.15, 0.2) is 0 Å². The number of hydrogen-bond acceptors (Lipinski definition) is 6. The highest BCUT2D eigenvalue weighted by molar-refractivity contribution is 8.26. The van der Waals surface area contributed by atoms with Gasteiger partial charge in [0.05, 0.1) is 16.9 Å². The molecule has 0 radical (unpaired) electrons. The van der Waals surface area contributed by atoms with Crippen LogP contribution < -0.4 is 10.4 Å². The predicted molar refractivity (Wildman–Crippen MR) is 107 cm³/mol. The highest BCUT2D eigenvalue weighted by atomic mass is 32.2. The Morgan fingerprint density at radius 2 is 2.00 bits per heavy atom. The lowest BCUT2D eigenvalue weighted by molar-refractivity contribution is -0.307. The highest BCUT2D eigenvalue weighted by Crippen LogP contribution is 2.32. The summed E-state index contributed by atoms with van der Waals surface area (Å²) in [6, 6.07) is 8.65. The number of nitrogens with one attached hydrogen (secondary N) is 1. The third-order valence-electron chi connectivity index (χ3n) is 3.72. The molecule has 1 N–H and O–H groups in total. The van der Waals surface area contributed by atoms with Crippen molar-refractivity contribution in [3.8, 4) is 0 Å². The van der Waals surface area contributed by atoms with E-state index in [1.54, 1.807) is 6.08 Å². The van der Waals surface area contributed by atoms with E-state index in [0.29, 0.717) is 9.23 Å². The van der Waals surface area contributed by atoms with E-state index in [-0.39, 0.29) is 18.9 Å². The first kappa shape index (κ1) is 20.9. The van der Waals surface area contributed by atoms with E-state index >= 15 is 0 Å². The Morgan fingerprint density at radius 3 is 2.63 bits per heavy atom. The number of allylic oxidation sites excluding steroid dienone is 2. The second-order valence-electron chi connectivity index (χ2n) is 5.99. The van der Waals surface area contributed by atoms with Gasteiger partial charge in [-0.1, -0.05) is 60.4 Å². The molecule has 142 valence electrons. The van der Waals surface area contributed by atoms with Crippen molar-refractivity contribution in [1.82, 2.24) is 10.2 Å². The number of carboxylic acids is 1. The first-order chi connectivity index (χ1) is 12.8. The van der Waals surface area contributed by atoms with Crippen LogP contribution in [0.2, 0.25) is 0 Å². The maximum atomic E-state index is 12.5. The van der Waals surface area contributed by atoms with E-state index < -0.39 is 17.9 Å². The van der Waals surface area contributed by atoms with E-state index in [1.807, 2.05) is 43.3 Å². The molecule has 0 spiro atoms. The van der Waals surface area contributed by atoms with Crippen molar-refractivity contribution in [3.05, 3.63) is 52.4 Å². The number of amides is 2. The van der Waals surface area contributed by atoms with Crippen LogP contribution in [-0.4, -0.2) is 39.6 Å². The number of thioether (sulfide) groups is 1. The molecule has 0 bridgehead atoms. The van der Waals surface area contributed by atoms with Gasteiger partial charge >= 0.3 is 0 Å². The molecule has 1 fully saturated rings. The van der Waals surface area contributed by atoms with E-state index in [0.717, 1.165) is 11.1 Å². The minimum atomic E-state index is -1.36. The summed E-state index contributed by atoms with van der Waals surface area (Å²) >= 11 is 6.41. The maximum Gasteiger partial charge on any atom is 0.266 e. The van der Waals surface area contributed by atoms with Gasteiger partial charge in [0, 0.05) is 13.0 Å². The largest absolute Gasteiger partial charge is 0.548 e. The normalized spacial score (nSPS) is 17.3. The molecule has 27 heavy (non-hydrogen) atoms. The van der Waals surface area contributed by atoms with Crippen LogP contribution in [0, 0.1) is 0 Å². The van der Waals surface area contributed by atoms with Gasteiger partial charge < -0.3 is 15.2 Å². The molecule has 1 aromatic rings. The molecule has 1 atom stereocenters. The molecule has 1 saturated heterocycles. The second-order valence-corrected chi connectivity index (χ2v) is 7.67. The summed E-state index contributed by atoms with van der Waals surface area (Å²) in [4.78, 5) is 36.8. The Balaban J connectivity index is 1.99. The lowest BCUT2D eigenvalue weighted by Crippen LogP contribution is -2.46. The molecule has 1 heterocycles. The maximum absolute atomic E-state index is 12.5. The molecule has 0 aliphatic carbocycles. The van der Waals surface area contributed by atoms with Crippen molar-refractivity contribution in [2.75, 3.05) is 6.54 Å². The highest BCUT2D eigenvalue weighted by Gasteiger charge is 2.32. The van der Waals surface area contributed by atoms with Crippen LogP contribution >= 0.6 is 24.0 Å². The Kier molecular flexibility index (Phi) is 7.32. The minimum Gasteiger partial charge on any atom is -0.548 e. The van der Waals surface area contributed by atoms with Gasteiger partial charge in [0.1, 0.15) is 4.32 Å². The molecule has 2 amide bonds. The average molecular weight is 404 g/mol. The van der Waals surface area contributed by atoms with Crippen LogP contribution in [0.4, 0.5) is 0 Å². The van der Waals surface area contributed by atoms with E-state index in [9.17, 15) is 19.5 Å². The monoisotopic (exact) mass is 403 g/mol. The smallest absolute Gasteiger partial charge is 0.266 e. The lowest BCUT2D eigenvalue weighted by Gasteiger charge is -2.17. The number of hydrogen-bond donors (Lipinski definition) is 1. The van der Waals surface area contributed by atoms with Crippen LogP contribution in [0.1, 0.15) is 25.8 Å². The molecule has 0 aromatic heterocycles. The van der Waals surface area contributed by atoms with Gasteiger partial charge in [-0.05, 0) is 31.1 Å². The van der Waals surface area contributed by atoms with Crippen LogP contribution in [0.5, 0.6) is 0 Å². The number of benzene rings is 1. The number of rotatable bonds is 7. The summed E-state index contributed by atoms with van der Waals surface area (Å²) < 4.78 is 0.375. The topological polar surface area (TPSA) is 89.5 Å². The summed E-state index contributed by atoms with van der Waals surface area (Å²) in [5, 5.41) is 12.9. The fourth-order valence-corrected chi connectivity index (χ4v) is 3.70. The molecule has 0 saturated carbocycles. The molecule has 0 unspecified atom stereocenters.